The molecule has 1 atom stereocenters. The fourth-order valence-electron chi connectivity index (χ4n) is 1.95. The highest BCUT2D eigenvalue weighted by Gasteiger charge is 2.27. The van der Waals surface area contributed by atoms with Crippen LogP contribution in [0, 0.1) is 0 Å². The van der Waals surface area contributed by atoms with Crippen molar-refractivity contribution in [3.63, 3.8) is 0 Å². The fourth-order valence-corrected chi connectivity index (χ4v) is 4.52. The maximum Gasteiger partial charge on any atom is 0.152 e. The smallest absolute Gasteiger partial charge is 0.152 e. The van der Waals surface area contributed by atoms with E-state index in [0.717, 1.165) is 15.7 Å². The van der Waals surface area contributed by atoms with Gasteiger partial charge in [0.1, 0.15) is 4.99 Å². The van der Waals surface area contributed by atoms with Gasteiger partial charge in [0.05, 0.1) is 11.5 Å². The van der Waals surface area contributed by atoms with Crippen molar-refractivity contribution in [1.29, 1.82) is 0 Å². The molecule has 2 rings (SSSR count). The Labute approximate surface area is 120 Å². The predicted molar refractivity (Wildman–Crippen MR) is 80.7 cm³/mol. The predicted octanol–water partition coefficient (Wildman–Crippen LogP) is 1.68. The Morgan fingerprint density at radius 2 is 2.22 bits per heavy atom. The molecule has 1 fully saturated rings. The lowest BCUT2D eigenvalue weighted by Gasteiger charge is -2.13. The highest BCUT2D eigenvalue weighted by molar-refractivity contribution is 9.10. The zero-order chi connectivity index (χ0) is 13.3. The minimum Gasteiger partial charge on any atom is -0.389 e. The molecule has 0 spiro atoms. The third kappa shape index (κ3) is 3.21. The normalized spacial score (nSPS) is 21.7. The van der Waals surface area contributed by atoms with Gasteiger partial charge >= 0.3 is 0 Å². The number of nitrogens with one attached hydrogen (secondary N) is 1. The molecule has 0 radical (unpaired) electrons. The van der Waals surface area contributed by atoms with Crippen LogP contribution in [0.25, 0.3) is 0 Å². The van der Waals surface area contributed by atoms with Gasteiger partial charge in [0.2, 0.25) is 0 Å². The Bertz CT molecular complexity index is 587. The summed E-state index contributed by atoms with van der Waals surface area (Å²) in [6.07, 6.45) is 0.650. The van der Waals surface area contributed by atoms with Gasteiger partial charge in [-0.2, -0.15) is 0 Å². The van der Waals surface area contributed by atoms with E-state index in [1.54, 1.807) is 0 Å². The van der Waals surface area contributed by atoms with Crippen molar-refractivity contribution in [3.8, 4) is 0 Å². The number of anilines is 1. The lowest BCUT2D eigenvalue weighted by molar-refractivity contribution is 0.602. The van der Waals surface area contributed by atoms with Gasteiger partial charge in [0, 0.05) is 21.8 Å². The molecule has 4 nitrogen and oxygen atoms in total. The molecule has 1 aromatic rings. The Kier molecular flexibility index (Phi) is 3.93. The average molecular weight is 349 g/mol. The van der Waals surface area contributed by atoms with E-state index >= 15 is 0 Å². The van der Waals surface area contributed by atoms with Crippen LogP contribution in [0.5, 0.6) is 0 Å². The molecule has 18 heavy (non-hydrogen) atoms. The first kappa shape index (κ1) is 13.8. The molecule has 1 saturated heterocycles. The Hall–Kier alpha value is -0.660. The van der Waals surface area contributed by atoms with Gasteiger partial charge in [-0.05, 0) is 40.5 Å². The topological polar surface area (TPSA) is 72.2 Å². The summed E-state index contributed by atoms with van der Waals surface area (Å²) in [7, 11) is -2.86. The summed E-state index contributed by atoms with van der Waals surface area (Å²) in [5, 5.41) is 3.21. The molecule has 7 heteroatoms. The maximum atomic E-state index is 11.4. The highest BCUT2D eigenvalue weighted by Crippen LogP contribution is 2.24. The number of sulfone groups is 1. The van der Waals surface area contributed by atoms with Gasteiger partial charge in [-0.25, -0.2) is 8.42 Å². The molecule has 0 aliphatic carbocycles. The minimum atomic E-state index is -2.86. The summed E-state index contributed by atoms with van der Waals surface area (Å²) in [6.45, 7) is 0. The molecule has 1 unspecified atom stereocenters. The van der Waals surface area contributed by atoms with Gasteiger partial charge in [-0.15, -0.1) is 0 Å². The zero-order valence-electron chi connectivity index (χ0n) is 9.52. The highest BCUT2D eigenvalue weighted by atomic mass is 79.9. The molecule has 1 aliphatic heterocycles. The van der Waals surface area contributed by atoms with E-state index in [-0.39, 0.29) is 17.5 Å². The largest absolute Gasteiger partial charge is 0.389 e. The number of benzene rings is 1. The van der Waals surface area contributed by atoms with Crippen molar-refractivity contribution in [2.75, 3.05) is 16.8 Å². The number of hydrogen-bond acceptors (Lipinski definition) is 4. The second kappa shape index (κ2) is 5.14. The standard InChI is InChI=1S/C11H13BrN2O2S2/c12-10-5-7(1-2-9(10)11(13)17)14-8-3-4-18(15,16)6-8/h1-2,5,8,14H,3-4,6H2,(H2,13,17). The van der Waals surface area contributed by atoms with E-state index < -0.39 is 9.84 Å². The van der Waals surface area contributed by atoms with Crippen molar-refractivity contribution >= 4 is 48.7 Å². The SMILES string of the molecule is NC(=S)c1ccc(NC2CCS(=O)(=O)C2)cc1Br. The monoisotopic (exact) mass is 348 g/mol. The van der Waals surface area contributed by atoms with Crippen LogP contribution < -0.4 is 11.1 Å². The van der Waals surface area contributed by atoms with Crippen LogP contribution in [-0.4, -0.2) is 31.0 Å². The van der Waals surface area contributed by atoms with Crippen molar-refractivity contribution in [3.05, 3.63) is 28.2 Å². The molecule has 0 amide bonds. The number of rotatable bonds is 3. The van der Waals surface area contributed by atoms with Crippen molar-refractivity contribution in [2.24, 2.45) is 5.73 Å². The van der Waals surface area contributed by atoms with Gasteiger partial charge in [-0.1, -0.05) is 12.2 Å². The van der Waals surface area contributed by atoms with Gasteiger partial charge in [0.15, 0.2) is 9.84 Å². The molecule has 0 aromatic heterocycles. The lowest BCUT2D eigenvalue weighted by atomic mass is 10.2. The molecular weight excluding hydrogens is 336 g/mol. The molecule has 1 heterocycles. The van der Waals surface area contributed by atoms with Crippen LogP contribution in [0.3, 0.4) is 0 Å². The Morgan fingerprint density at radius 3 is 2.72 bits per heavy atom. The first-order valence-electron chi connectivity index (χ1n) is 5.44. The van der Waals surface area contributed by atoms with E-state index in [2.05, 4.69) is 21.2 Å². The van der Waals surface area contributed by atoms with Crippen LogP contribution in [0.2, 0.25) is 0 Å². The van der Waals surface area contributed by atoms with Crippen molar-refractivity contribution in [1.82, 2.24) is 0 Å². The summed E-state index contributed by atoms with van der Waals surface area (Å²) in [5.41, 5.74) is 7.20. The summed E-state index contributed by atoms with van der Waals surface area (Å²) < 4.78 is 23.5. The second-order valence-electron chi connectivity index (χ2n) is 4.30. The minimum absolute atomic E-state index is 0.0161. The van der Waals surface area contributed by atoms with Gasteiger partial charge in [0.25, 0.3) is 0 Å². The van der Waals surface area contributed by atoms with E-state index in [0.29, 0.717) is 11.4 Å². The third-order valence-corrected chi connectivity index (χ3v) is 5.48. The first-order valence-corrected chi connectivity index (χ1v) is 8.46. The van der Waals surface area contributed by atoms with Crippen LogP contribution >= 0.6 is 28.1 Å². The van der Waals surface area contributed by atoms with E-state index in [4.69, 9.17) is 18.0 Å². The maximum absolute atomic E-state index is 11.4. The van der Waals surface area contributed by atoms with Gasteiger partial charge < -0.3 is 11.1 Å². The number of nitrogens with two attached hydrogens (primary N) is 1. The second-order valence-corrected chi connectivity index (χ2v) is 7.83. The van der Waals surface area contributed by atoms with Crippen LogP contribution in [0.15, 0.2) is 22.7 Å². The summed E-state index contributed by atoms with van der Waals surface area (Å²) in [6, 6.07) is 5.51. The number of halogens is 1. The molecule has 0 saturated carbocycles. The number of hydrogen-bond donors (Lipinski definition) is 2. The summed E-state index contributed by atoms with van der Waals surface area (Å²) >= 11 is 8.31. The third-order valence-electron chi connectivity index (χ3n) is 2.84. The van der Waals surface area contributed by atoms with Crippen LogP contribution in [0.1, 0.15) is 12.0 Å². The molecule has 1 aliphatic rings. The van der Waals surface area contributed by atoms with E-state index in [1.807, 2.05) is 18.2 Å². The quantitative estimate of drug-likeness (QED) is 0.813. The average Bonchev–Trinajstić information content (AvgIpc) is 2.57. The Balaban J connectivity index is 2.12. The molecule has 1 aromatic carbocycles. The fraction of sp³-hybridized carbons (Fsp3) is 0.364. The van der Waals surface area contributed by atoms with Crippen LogP contribution in [0.4, 0.5) is 5.69 Å². The first-order chi connectivity index (χ1) is 8.37. The molecule has 0 bridgehead atoms. The van der Waals surface area contributed by atoms with Crippen molar-refractivity contribution < 1.29 is 8.42 Å². The van der Waals surface area contributed by atoms with Gasteiger partial charge in [-0.3, -0.25) is 0 Å². The number of thiocarbonyl (C=S) groups is 1. The van der Waals surface area contributed by atoms with Crippen molar-refractivity contribution in [2.45, 2.75) is 12.5 Å². The lowest BCUT2D eigenvalue weighted by Crippen LogP contribution is -2.20. The molecule has 98 valence electrons. The molecule has 3 N–H and O–H groups in total. The van der Waals surface area contributed by atoms with Crippen LogP contribution in [-0.2, 0) is 9.84 Å². The summed E-state index contributed by atoms with van der Waals surface area (Å²) in [4.78, 5) is 0.330. The molecular formula is C11H13BrN2O2S2. The van der Waals surface area contributed by atoms with E-state index in [9.17, 15) is 8.42 Å². The summed E-state index contributed by atoms with van der Waals surface area (Å²) in [5.74, 6) is 0.457. The Morgan fingerprint density at radius 1 is 1.50 bits per heavy atom. The zero-order valence-corrected chi connectivity index (χ0v) is 12.7. The van der Waals surface area contributed by atoms with E-state index in [1.165, 1.54) is 0 Å².